The molecule has 1 aromatic carbocycles. The highest BCUT2D eigenvalue weighted by Gasteiger charge is 2.41. The number of carbonyl (C=O) groups is 2. The molecule has 3 aliphatic heterocycles. The summed E-state index contributed by atoms with van der Waals surface area (Å²) in [5.41, 5.74) is 3.79. The van der Waals surface area contributed by atoms with Gasteiger partial charge in [-0.15, -0.1) is 11.3 Å². The monoisotopic (exact) mass is 370 g/mol. The van der Waals surface area contributed by atoms with Crippen LogP contribution in [0.5, 0.6) is 0 Å². The van der Waals surface area contributed by atoms with Crippen molar-refractivity contribution in [2.75, 3.05) is 13.1 Å². The van der Waals surface area contributed by atoms with Crippen molar-refractivity contribution in [3.05, 3.63) is 52.5 Å². The maximum absolute atomic E-state index is 12.8. The first-order valence-electron chi connectivity index (χ1n) is 8.95. The number of hydrogen-bond donors (Lipinski definition) is 1. The molecule has 7 heteroatoms. The minimum atomic E-state index is -0.102. The Balaban J connectivity index is 1.42. The summed E-state index contributed by atoms with van der Waals surface area (Å²) in [5, 5.41) is 4.97. The third-order valence-corrected chi connectivity index (χ3v) is 5.82. The van der Waals surface area contributed by atoms with Gasteiger partial charge in [-0.2, -0.15) is 0 Å². The number of urea groups is 1. The van der Waals surface area contributed by atoms with Gasteiger partial charge in [-0.1, -0.05) is 30.3 Å². The fourth-order valence-electron chi connectivity index (χ4n) is 3.79. The van der Waals surface area contributed by atoms with E-state index in [9.17, 15) is 9.59 Å². The molecule has 2 bridgehead atoms. The van der Waals surface area contributed by atoms with Gasteiger partial charge in [0.25, 0.3) is 0 Å². The van der Waals surface area contributed by atoms with Gasteiger partial charge in [0, 0.05) is 31.1 Å². The fourth-order valence-corrected chi connectivity index (χ4v) is 4.34. The molecule has 4 heterocycles. The molecule has 0 aliphatic carbocycles. The summed E-state index contributed by atoms with van der Waals surface area (Å²) in [6, 6.07) is 9.85. The molecule has 0 spiro atoms. The van der Waals surface area contributed by atoms with Crippen LogP contribution in [-0.2, 0) is 17.9 Å². The van der Waals surface area contributed by atoms with E-state index in [0.29, 0.717) is 26.2 Å². The second kappa shape index (κ2) is 7.45. The lowest BCUT2D eigenvalue weighted by atomic mass is 9.94. The molecule has 0 unspecified atom stereocenters. The van der Waals surface area contributed by atoms with Crippen LogP contribution in [0.3, 0.4) is 0 Å². The zero-order valence-corrected chi connectivity index (χ0v) is 15.3. The van der Waals surface area contributed by atoms with E-state index in [1.165, 1.54) is 0 Å². The van der Waals surface area contributed by atoms with Crippen molar-refractivity contribution in [1.82, 2.24) is 20.1 Å². The summed E-state index contributed by atoms with van der Waals surface area (Å²) >= 11 is 1.54. The van der Waals surface area contributed by atoms with Crippen molar-refractivity contribution >= 4 is 23.3 Å². The average molecular weight is 370 g/mol. The second-order valence-corrected chi connectivity index (χ2v) is 7.64. The molecule has 1 aromatic heterocycles. The standard InChI is InChI=1S/C19H22N4O2S/c24-18-15-6-7-17(23(18)10-16-12-26-13-21-16)11-22(9-15)19(25)20-8-14-4-2-1-3-5-14/h1-5,12-13,15,17H,6-11H2,(H,20,25)/t15-,17+/m0/s1. The number of rotatable bonds is 4. The Labute approximate surface area is 156 Å². The number of carbonyl (C=O) groups excluding carboxylic acids is 2. The predicted octanol–water partition coefficient (Wildman–Crippen LogP) is 2.48. The normalized spacial score (nSPS) is 22.4. The van der Waals surface area contributed by atoms with E-state index in [2.05, 4.69) is 10.3 Å². The molecular weight excluding hydrogens is 348 g/mol. The van der Waals surface area contributed by atoms with Gasteiger partial charge >= 0.3 is 6.03 Å². The van der Waals surface area contributed by atoms with Crippen molar-refractivity contribution in [3.63, 3.8) is 0 Å². The lowest BCUT2D eigenvalue weighted by Gasteiger charge is -2.35. The number of aromatic nitrogens is 1. The largest absolute Gasteiger partial charge is 0.334 e. The summed E-state index contributed by atoms with van der Waals surface area (Å²) in [6.07, 6.45) is 1.81. The first kappa shape index (κ1) is 17.0. The Morgan fingerprint density at radius 3 is 2.85 bits per heavy atom. The maximum Gasteiger partial charge on any atom is 0.317 e. The average Bonchev–Trinajstić information content (AvgIpc) is 3.03. The Morgan fingerprint density at radius 1 is 1.23 bits per heavy atom. The molecule has 2 atom stereocenters. The molecule has 3 saturated heterocycles. The number of benzene rings is 1. The molecule has 6 nitrogen and oxygen atoms in total. The molecule has 3 aliphatic rings. The van der Waals surface area contributed by atoms with Gasteiger partial charge in [0.05, 0.1) is 23.7 Å². The summed E-state index contributed by atoms with van der Waals surface area (Å²) in [4.78, 5) is 33.5. The Bertz CT molecular complexity index is 765. The van der Waals surface area contributed by atoms with Gasteiger partial charge < -0.3 is 15.1 Å². The maximum atomic E-state index is 12.8. The minimum absolute atomic E-state index is 0.0745. The smallest absolute Gasteiger partial charge is 0.317 e. The number of hydrogen-bond acceptors (Lipinski definition) is 4. The molecule has 0 radical (unpaired) electrons. The third-order valence-electron chi connectivity index (χ3n) is 5.18. The molecule has 5 rings (SSSR count). The Kier molecular flexibility index (Phi) is 4.88. The van der Waals surface area contributed by atoms with Gasteiger partial charge in [0.1, 0.15) is 0 Å². The SMILES string of the molecule is O=C(NCc1ccccc1)N1C[C@@H]2CC[C@H](C1)N(Cc1cscn1)C2=O. The molecule has 2 aromatic rings. The summed E-state index contributed by atoms with van der Waals surface area (Å²) < 4.78 is 0. The molecule has 26 heavy (non-hydrogen) atoms. The lowest BCUT2D eigenvalue weighted by molar-refractivity contribution is -0.140. The number of fused-ring (bicyclic) bond motifs is 4. The zero-order valence-electron chi connectivity index (χ0n) is 14.5. The Morgan fingerprint density at radius 2 is 2.08 bits per heavy atom. The molecule has 3 fully saturated rings. The highest BCUT2D eigenvalue weighted by atomic mass is 32.1. The van der Waals surface area contributed by atoms with Crippen molar-refractivity contribution < 1.29 is 9.59 Å². The van der Waals surface area contributed by atoms with Gasteiger partial charge in [-0.3, -0.25) is 4.79 Å². The highest BCUT2D eigenvalue weighted by molar-refractivity contribution is 7.07. The molecule has 136 valence electrons. The highest BCUT2D eigenvalue weighted by Crippen LogP contribution is 2.30. The van der Waals surface area contributed by atoms with Crippen molar-refractivity contribution in [2.45, 2.75) is 32.0 Å². The van der Waals surface area contributed by atoms with Gasteiger partial charge in [-0.05, 0) is 18.4 Å². The summed E-state index contributed by atoms with van der Waals surface area (Å²) in [5.74, 6) is 0.0578. The van der Waals surface area contributed by atoms with E-state index >= 15 is 0 Å². The van der Waals surface area contributed by atoms with Gasteiger partial charge in [0.15, 0.2) is 0 Å². The summed E-state index contributed by atoms with van der Waals surface area (Å²) in [7, 11) is 0. The van der Waals surface area contributed by atoms with Crippen LogP contribution in [0.15, 0.2) is 41.2 Å². The van der Waals surface area contributed by atoms with E-state index in [1.807, 2.05) is 45.5 Å². The second-order valence-electron chi connectivity index (χ2n) is 6.92. The van der Waals surface area contributed by atoms with E-state index < -0.39 is 0 Å². The lowest BCUT2D eigenvalue weighted by Crippen LogP contribution is -2.48. The number of nitrogens with zero attached hydrogens (tertiary/aromatic N) is 3. The van der Waals surface area contributed by atoms with Crippen LogP contribution in [0.1, 0.15) is 24.1 Å². The summed E-state index contributed by atoms with van der Waals surface area (Å²) in [6.45, 7) is 2.14. The molecular formula is C19H22N4O2S. The topological polar surface area (TPSA) is 65.5 Å². The molecule has 1 N–H and O–H groups in total. The van der Waals surface area contributed by atoms with E-state index in [1.54, 1.807) is 16.8 Å². The van der Waals surface area contributed by atoms with Crippen LogP contribution in [0.4, 0.5) is 4.79 Å². The van der Waals surface area contributed by atoms with Crippen LogP contribution >= 0.6 is 11.3 Å². The quantitative estimate of drug-likeness (QED) is 0.899. The van der Waals surface area contributed by atoms with Crippen molar-refractivity contribution in [3.8, 4) is 0 Å². The van der Waals surface area contributed by atoms with Crippen LogP contribution in [-0.4, -0.2) is 45.9 Å². The number of piperidine rings is 1. The van der Waals surface area contributed by atoms with Crippen LogP contribution in [0.2, 0.25) is 0 Å². The van der Waals surface area contributed by atoms with Crippen LogP contribution in [0, 0.1) is 5.92 Å². The van der Waals surface area contributed by atoms with E-state index in [-0.39, 0.29) is 23.9 Å². The van der Waals surface area contributed by atoms with Crippen LogP contribution < -0.4 is 5.32 Å². The fraction of sp³-hybridized carbons (Fsp3) is 0.421. The molecule has 0 saturated carbocycles. The van der Waals surface area contributed by atoms with Crippen molar-refractivity contribution in [2.24, 2.45) is 5.92 Å². The third kappa shape index (κ3) is 3.58. The van der Waals surface area contributed by atoms with E-state index in [0.717, 1.165) is 24.1 Å². The zero-order chi connectivity index (χ0) is 17.9. The van der Waals surface area contributed by atoms with Crippen molar-refractivity contribution in [1.29, 1.82) is 0 Å². The first-order valence-corrected chi connectivity index (χ1v) is 9.89. The molecule has 3 amide bonds. The number of nitrogens with one attached hydrogen (secondary N) is 1. The number of amides is 3. The first-order chi connectivity index (χ1) is 12.7. The van der Waals surface area contributed by atoms with Gasteiger partial charge in [0.2, 0.25) is 5.91 Å². The van der Waals surface area contributed by atoms with Gasteiger partial charge in [-0.25, -0.2) is 9.78 Å². The van der Waals surface area contributed by atoms with Crippen LogP contribution in [0.25, 0.3) is 0 Å². The number of thiazole rings is 1. The Hall–Kier alpha value is -2.41. The van der Waals surface area contributed by atoms with E-state index in [4.69, 9.17) is 0 Å². The predicted molar refractivity (Wildman–Crippen MR) is 99.4 cm³/mol. The minimum Gasteiger partial charge on any atom is -0.334 e.